The molecule has 1 N–H and O–H groups in total. The molecule has 0 unspecified atom stereocenters. The summed E-state index contributed by atoms with van der Waals surface area (Å²) in [7, 11) is 3.15. The number of amides is 2. The number of methoxy groups -OCH3 is 1. The van der Waals surface area contributed by atoms with Gasteiger partial charge >= 0.3 is 0 Å². The fourth-order valence-corrected chi connectivity index (χ4v) is 2.66. The molecule has 144 valence electrons. The fourth-order valence-electron chi connectivity index (χ4n) is 2.66. The van der Waals surface area contributed by atoms with E-state index in [1.54, 1.807) is 21.1 Å². The standard InChI is InChI=1S/C21H26N2O4/c1-15-7-5-6-8-19(15)27-14-20(24)23(16(2)21(25)22-3)13-17-9-11-18(26-4)12-10-17/h5-12,16H,13-14H2,1-4H3,(H,22,25)/t16-/m0/s1. The van der Waals surface area contributed by atoms with Crippen LogP contribution in [0.4, 0.5) is 0 Å². The van der Waals surface area contributed by atoms with Gasteiger partial charge < -0.3 is 19.7 Å². The first-order chi connectivity index (χ1) is 13.0. The van der Waals surface area contributed by atoms with Gasteiger partial charge in [0.2, 0.25) is 5.91 Å². The minimum absolute atomic E-state index is 0.137. The molecule has 6 nitrogen and oxygen atoms in total. The van der Waals surface area contributed by atoms with Crippen molar-refractivity contribution in [1.82, 2.24) is 10.2 Å². The average molecular weight is 370 g/mol. The van der Waals surface area contributed by atoms with Crippen molar-refractivity contribution in [3.05, 3.63) is 59.7 Å². The van der Waals surface area contributed by atoms with E-state index >= 15 is 0 Å². The zero-order chi connectivity index (χ0) is 19.8. The number of aryl methyl sites for hydroxylation is 1. The molecule has 0 radical (unpaired) electrons. The molecule has 0 aliphatic heterocycles. The van der Waals surface area contributed by atoms with Gasteiger partial charge in [-0.25, -0.2) is 0 Å². The molecule has 0 saturated heterocycles. The van der Waals surface area contributed by atoms with Gasteiger partial charge in [0.05, 0.1) is 7.11 Å². The minimum atomic E-state index is -0.620. The van der Waals surface area contributed by atoms with Crippen LogP contribution >= 0.6 is 0 Å². The molecule has 0 aromatic heterocycles. The molecule has 0 heterocycles. The Labute approximate surface area is 160 Å². The Hall–Kier alpha value is -3.02. The van der Waals surface area contributed by atoms with Gasteiger partial charge in [-0.15, -0.1) is 0 Å². The number of para-hydroxylation sites is 1. The SMILES string of the molecule is CNC(=O)[C@H](C)N(Cc1ccc(OC)cc1)C(=O)COc1ccccc1C. The quantitative estimate of drug-likeness (QED) is 0.775. The fraction of sp³-hybridized carbons (Fsp3) is 0.333. The van der Waals surface area contributed by atoms with Gasteiger partial charge in [0, 0.05) is 13.6 Å². The Morgan fingerprint density at radius 1 is 1.11 bits per heavy atom. The van der Waals surface area contributed by atoms with Crippen LogP contribution in [-0.4, -0.2) is 43.5 Å². The van der Waals surface area contributed by atoms with Gasteiger partial charge in [-0.05, 0) is 43.2 Å². The molecule has 0 bridgehead atoms. The molecule has 2 aromatic carbocycles. The normalized spacial score (nSPS) is 11.4. The van der Waals surface area contributed by atoms with E-state index in [1.165, 1.54) is 4.90 Å². The number of carbonyl (C=O) groups is 2. The predicted octanol–water partition coefficient (Wildman–Crippen LogP) is 2.55. The summed E-state index contributed by atoms with van der Waals surface area (Å²) in [6, 6.07) is 14.3. The lowest BCUT2D eigenvalue weighted by atomic mass is 10.1. The third-order valence-corrected chi connectivity index (χ3v) is 4.37. The number of rotatable bonds is 8. The Morgan fingerprint density at radius 2 is 1.78 bits per heavy atom. The van der Waals surface area contributed by atoms with Crippen LogP contribution in [0, 0.1) is 6.92 Å². The Balaban J connectivity index is 2.13. The number of carbonyl (C=O) groups excluding carboxylic acids is 2. The van der Waals surface area contributed by atoms with E-state index in [4.69, 9.17) is 9.47 Å². The lowest BCUT2D eigenvalue weighted by Gasteiger charge is -2.28. The highest BCUT2D eigenvalue weighted by Gasteiger charge is 2.26. The largest absolute Gasteiger partial charge is 0.497 e. The zero-order valence-electron chi connectivity index (χ0n) is 16.2. The molecule has 2 aromatic rings. The van der Waals surface area contributed by atoms with Crippen molar-refractivity contribution in [3.8, 4) is 11.5 Å². The van der Waals surface area contributed by atoms with Crippen LogP contribution in [0.1, 0.15) is 18.1 Å². The second kappa shape index (κ2) is 9.62. The van der Waals surface area contributed by atoms with E-state index in [9.17, 15) is 9.59 Å². The topological polar surface area (TPSA) is 67.9 Å². The zero-order valence-corrected chi connectivity index (χ0v) is 16.2. The van der Waals surface area contributed by atoms with Crippen molar-refractivity contribution in [2.75, 3.05) is 20.8 Å². The van der Waals surface area contributed by atoms with Crippen molar-refractivity contribution >= 4 is 11.8 Å². The number of ether oxygens (including phenoxy) is 2. The molecule has 2 rings (SSSR count). The molecule has 0 spiro atoms. The van der Waals surface area contributed by atoms with Crippen molar-refractivity contribution in [2.45, 2.75) is 26.4 Å². The summed E-state index contributed by atoms with van der Waals surface area (Å²) in [5.74, 6) is 0.902. The average Bonchev–Trinajstić information content (AvgIpc) is 2.70. The Bertz CT molecular complexity index is 774. The summed E-state index contributed by atoms with van der Waals surface area (Å²) in [5, 5.41) is 2.59. The molecule has 0 aliphatic carbocycles. The first kappa shape index (κ1) is 20.3. The lowest BCUT2D eigenvalue weighted by Crippen LogP contribution is -2.48. The number of benzene rings is 2. The van der Waals surface area contributed by atoms with Gasteiger partial charge in [-0.3, -0.25) is 9.59 Å². The predicted molar refractivity (Wildman–Crippen MR) is 104 cm³/mol. The second-order valence-corrected chi connectivity index (χ2v) is 6.21. The maximum atomic E-state index is 12.8. The summed E-state index contributed by atoms with van der Waals surface area (Å²) in [5.41, 5.74) is 1.85. The Morgan fingerprint density at radius 3 is 2.37 bits per heavy atom. The maximum Gasteiger partial charge on any atom is 0.261 e. The monoisotopic (exact) mass is 370 g/mol. The molecule has 0 aliphatic rings. The molecular formula is C21H26N2O4. The van der Waals surface area contributed by atoms with Crippen molar-refractivity contribution in [1.29, 1.82) is 0 Å². The number of likely N-dealkylation sites (N-methyl/N-ethyl adjacent to an activating group) is 1. The summed E-state index contributed by atoms with van der Waals surface area (Å²) in [4.78, 5) is 26.4. The third kappa shape index (κ3) is 5.48. The molecule has 27 heavy (non-hydrogen) atoms. The number of nitrogens with one attached hydrogen (secondary N) is 1. The molecule has 6 heteroatoms. The number of hydrogen-bond donors (Lipinski definition) is 1. The van der Waals surface area contributed by atoms with Gasteiger partial charge in [0.1, 0.15) is 17.5 Å². The molecule has 0 saturated carbocycles. The van der Waals surface area contributed by atoms with Gasteiger partial charge in [-0.1, -0.05) is 30.3 Å². The smallest absolute Gasteiger partial charge is 0.261 e. The Kier molecular flexibility index (Phi) is 7.23. The highest BCUT2D eigenvalue weighted by atomic mass is 16.5. The highest BCUT2D eigenvalue weighted by molar-refractivity contribution is 5.87. The number of nitrogens with zero attached hydrogens (tertiary/aromatic N) is 1. The maximum absolute atomic E-state index is 12.8. The van der Waals surface area contributed by atoms with E-state index in [0.29, 0.717) is 12.3 Å². The molecular weight excluding hydrogens is 344 g/mol. The lowest BCUT2D eigenvalue weighted by molar-refractivity contribution is -0.142. The summed E-state index contributed by atoms with van der Waals surface area (Å²) in [6.07, 6.45) is 0. The van der Waals surface area contributed by atoms with Crippen molar-refractivity contribution < 1.29 is 19.1 Å². The van der Waals surface area contributed by atoms with Crippen LogP contribution in [-0.2, 0) is 16.1 Å². The van der Waals surface area contributed by atoms with Crippen LogP contribution in [0.15, 0.2) is 48.5 Å². The van der Waals surface area contributed by atoms with E-state index in [1.807, 2.05) is 55.5 Å². The van der Waals surface area contributed by atoms with Gasteiger partial charge in [0.15, 0.2) is 6.61 Å². The third-order valence-electron chi connectivity index (χ3n) is 4.37. The van der Waals surface area contributed by atoms with E-state index in [2.05, 4.69) is 5.32 Å². The van der Waals surface area contributed by atoms with E-state index < -0.39 is 6.04 Å². The van der Waals surface area contributed by atoms with Crippen molar-refractivity contribution in [3.63, 3.8) is 0 Å². The van der Waals surface area contributed by atoms with Gasteiger partial charge in [0.25, 0.3) is 5.91 Å². The first-order valence-electron chi connectivity index (χ1n) is 8.78. The summed E-state index contributed by atoms with van der Waals surface area (Å²) >= 11 is 0. The second-order valence-electron chi connectivity index (χ2n) is 6.21. The van der Waals surface area contributed by atoms with Crippen LogP contribution < -0.4 is 14.8 Å². The molecule has 2 amide bonds. The molecule has 0 fully saturated rings. The highest BCUT2D eigenvalue weighted by Crippen LogP contribution is 2.18. The van der Waals surface area contributed by atoms with Gasteiger partial charge in [-0.2, -0.15) is 0 Å². The van der Waals surface area contributed by atoms with E-state index in [-0.39, 0.29) is 18.4 Å². The van der Waals surface area contributed by atoms with E-state index in [0.717, 1.165) is 16.9 Å². The van der Waals surface area contributed by atoms with Crippen LogP contribution in [0.25, 0.3) is 0 Å². The van der Waals surface area contributed by atoms with Crippen molar-refractivity contribution in [2.24, 2.45) is 0 Å². The summed E-state index contributed by atoms with van der Waals surface area (Å²) < 4.78 is 10.8. The minimum Gasteiger partial charge on any atom is -0.497 e. The van der Waals surface area contributed by atoms with Crippen LogP contribution in [0.2, 0.25) is 0 Å². The number of hydrogen-bond acceptors (Lipinski definition) is 4. The van der Waals surface area contributed by atoms with Crippen LogP contribution in [0.3, 0.4) is 0 Å². The summed E-state index contributed by atoms with van der Waals surface area (Å²) in [6.45, 7) is 3.78. The first-order valence-corrected chi connectivity index (χ1v) is 8.78. The molecule has 1 atom stereocenters. The van der Waals surface area contributed by atoms with Crippen LogP contribution in [0.5, 0.6) is 11.5 Å².